The molecule has 0 spiro atoms. The maximum atomic E-state index is 14.0. The molecule has 0 unspecified atom stereocenters. The summed E-state index contributed by atoms with van der Waals surface area (Å²) in [6, 6.07) is 16.1. The van der Waals surface area contributed by atoms with Crippen molar-refractivity contribution >= 4 is 34.2 Å². The second kappa shape index (κ2) is 10.5. The van der Waals surface area contributed by atoms with Crippen LogP contribution in [0.2, 0.25) is 0 Å². The summed E-state index contributed by atoms with van der Waals surface area (Å²) in [6.07, 6.45) is 4.58. The van der Waals surface area contributed by atoms with Crippen molar-refractivity contribution in [1.29, 1.82) is 0 Å². The van der Waals surface area contributed by atoms with Crippen LogP contribution in [0.1, 0.15) is 64.8 Å². The van der Waals surface area contributed by atoms with E-state index < -0.39 is 6.09 Å². The number of piperidine rings is 1. The SMILES string of the molecule is Cc1cccc(-c2sc(C3CC3)nc2C(=O)N2CCCC[C@H]2CNC(=O)Oc2c(C)n(C)c3ccccc23)c1. The number of para-hydroxylation sites is 1. The third-order valence-corrected chi connectivity index (χ3v) is 9.23. The molecule has 1 aliphatic heterocycles. The highest BCUT2D eigenvalue weighted by Gasteiger charge is 2.34. The molecule has 202 valence electrons. The lowest BCUT2D eigenvalue weighted by Gasteiger charge is -2.35. The highest BCUT2D eigenvalue weighted by molar-refractivity contribution is 7.15. The number of thiazole rings is 1. The topological polar surface area (TPSA) is 76.5 Å². The number of ether oxygens (including phenoxy) is 1. The zero-order valence-electron chi connectivity index (χ0n) is 22.7. The van der Waals surface area contributed by atoms with Crippen molar-refractivity contribution in [3.63, 3.8) is 0 Å². The Balaban J connectivity index is 1.20. The lowest BCUT2D eigenvalue weighted by molar-refractivity contribution is 0.0607. The third-order valence-electron chi connectivity index (χ3n) is 7.96. The lowest BCUT2D eigenvalue weighted by Crippen LogP contribution is -2.50. The molecule has 2 fully saturated rings. The Morgan fingerprint density at radius 2 is 1.90 bits per heavy atom. The molecule has 2 aliphatic rings. The summed E-state index contributed by atoms with van der Waals surface area (Å²) < 4.78 is 7.81. The Kier molecular flexibility index (Phi) is 6.89. The van der Waals surface area contributed by atoms with Crippen LogP contribution in [0.3, 0.4) is 0 Å². The highest BCUT2D eigenvalue weighted by Crippen LogP contribution is 2.45. The fraction of sp³-hybridized carbons (Fsp3) is 0.387. The Bertz CT molecular complexity index is 1550. The monoisotopic (exact) mass is 542 g/mol. The molecule has 2 amide bonds. The molecule has 2 aromatic heterocycles. The van der Waals surface area contributed by atoms with Gasteiger partial charge in [-0.25, -0.2) is 9.78 Å². The summed E-state index contributed by atoms with van der Waals surface area (Å²) in [5.41, 5.74) is 4.66. The summed E-state index contributed by atoms with van der Waals surface area (Å²) in [6.45, 7) is 5.01. The van der Waals surface area contributed by atoms with E-state index in [2.05, 4.69) is 30.4 Å². The molecule has 8 heteroatoms. The van der Waals surface area contributed by atoms with Gasteiger partial charge in [0.1, 0.15) is 5.69 Å². The van der Waals surface area contributed by atoms with Gasteiger partial charge in [-0.2, -0.15) is 0 Å². The number of hydrogen-bond acceptors (Lipinski definition) is 5. The zero-order chi connectivity index (χ0) is 27.1. The largest absolute Gasteiger partial charge is 0.412 e. The van der Waals surface area contributed by atoms with Gasteiger partial charge in [0.2, 0.25) is 0 Å². The second-order valence-electron chi connectivity index (χ2n) is 10.8. The predicted molar refractivity (Wildman–Crippen MR) is 155 cm³/mol. The van der Waals surface area contributed by atoms with Gasteiger partial charge in [-0.3, -0.25) is 4.79 Å². The van der Waals surface area contributed by atoms with Crippen LogP contribution in [-0.2, 0) is 7.05 Å². The van der Waals surface area contributed by atoms with Gasteiger partial charge >= 0.3 is 6.09 Å². The normalized spacial score (nSPS) is 17.4. The molecule has 1 N–H and O–H groups in total. The number of fused-ring (bicyclic) bond motifs is 1. The fourth-order valence-corrected chi connectivity index (χ4v) is 6.75. The van der Waals surface area contributed by atoms with Crippen LogP contribution in [0.15, 0.2) is 48.5 Å². The van der Waals surface area contributed by atoms with E-state index >= 15 is 0 Å². The van der Waals surface area contributed by atoms with Crippen LogP contribution >= 0.6 is 11.3 Å². The molecule has 1 saturated carbocycles. The van der Waals surface area contributed by atoms with Crippen molar-refractivity contribution in [2.45, 2.75) is 57.9 Å². The van der Waals surface area contributed by atoms with Crippen LogP contribution in [0.4, 0.5) is 4.79 Å². The second-order valence-corrected chi connectivity index (χ2v) is 11.8. The average molecular weight is 543 g/mol. The number of aryl methyl sites for hydroxylation is 2. The first-order chi connectivity index (χ1) is 18.9. The molecule has 7 nitrogen and oxygen atoms in total. The van der Waals surface area contributed by atoms with Crippen molar-refractivity contribution in [3.8, 4) is 16.2 Å². The third kappa shape index (κ3) is 5.05. The van der Waals surface area contributed by atoms with Crippen molar-refractivity contribution in [2.75, 3.05) is 13.1 Å². The Labute approximate surface area is 232 Å². The molecule has 1 saturated heterocycles. The summed E-state index contributed by atoms with van der Waals surface area (Å²) in [5.74, 6) is 1.01. The Morgan fingerprint density at radius 3 is 2.69 bits per heavy atom. The summed E-state index contributed by atoms with van der Waals surface area (Å²) in [5, 5.41) is 4.91. The van der Waals surface area contributed by atoms with Crippen molar-refractivity contribution in [1.82, 2.24) is 19.8 Å². The zero-order valence-corrected chi connectivity index (χ0v) is 23.5. The molecule has 1 aliphatic carbocycles. The van der Waals surface area contributed by atoms with E-state index in [1.165, 1.54) is 0 Å². The van der Waals surface area contributed by atoms with Gasteiger partial charge in [-0.1, -0.05) is 42.0 Å². The molecule has 0 bridgehead atoms. The van der Waals surface area contributed by atoms with E-state index in [1.54, 1.807) is 11.3 Å². The van der Waals surface area contributed by atoms with Gasteiger partial charge in [0.15, 0.2) is 5.75 Å². The number of carbonyl (C=O) groups excluding carboxylic acids is 2. The molecule has 3 heterocycles. The number of rotatable bonds is 6. The number of nitrogens with zero attached hydrogens (tertiary/aromatic N) is 3. The first kappa shape index (κ1) is 25.6. The molecule has 4 aromatic rings. The van der Waals surface area contributed by atoms with Crippen LogP contribution in [0.5, 0.6) is 5.75 Å². The van der Waals surface area contributed by atoms with Crippen LogP contribution in [0, 0.1) is 13.8 Å². The average Bonchev–Trinajstić information content (AvgIpc) is 3.66. The molecule has 39 heavy (non-hydrogen) atoms. The van der Waals surface area contributed by atoms with Gasteiger partial charge < -0.3 is 19.5 Å². The smallest absolute Gasteiger partial charge is 0.408 e. The van der Waals surface area contributed by atoms with Crippen LogP contribution in [0.25, 0.3) is 21.3 Å². The van der Waals surface area contributed by atoms with Crippen molar-refractivity contribution in [3.05, 3.63) is 70.5 Å². The number of hydrogen-bond donors (Lipinski definition) is 1. The number of carbonyl (C=O) groups is 2. The number of nitrogens with one attached hydrogen (secondary N) is 1. The molecular weight excluding hydrogens is 508 g/mol. The quantitative estimate of drug-likeness (QED) is 0.299. The Hall–Kier alpha value is -3.65. The standard InChI is InChI=1S/C31H34N4O3S/c1-19-9-8-10-22(17-19)28-26(33-29(39-28)21-14-15-21)30(36)35-16-7-6-11-23(35)18-32-31(37)38-27-20(2)34(3)25-13-5-4-12-24(25)27/h4-5,8-10,12-13,17,21,23H,6-7,11,14-16,18H2,1-3H3,(H,32,37)/t23-/m0/s1. The highest BCUT2D eigenvalue weighted by atomic mass is 32.1. The summed E-state index contributed by atoms with van der Waals surface area (Å²) in [7, 11) is 1.96. The number of amides is 2. The first-order valence-electron chi connectivity index (χ1n) is 13.8. The van der Waals surface area contributed by atoms with Gasteiger partial charge in [0.05, 0.1) is 21.1 Å². The van der Waals surface area contributed by atoms with E-state index in [1.807, 2.05) is 53.8 Å². The molecule has 6 rings (SSSR count). The fourth-order valence-electron chi connectivity index (χ4n) is 5.53. The Morgan fingerprint density at radius 1 is 1.08 bits per heavy atom. The van der Waals surface area contributed by atoms with E-state index in [9.17, 15) is 9.59 Å². The molecule has 1 atom stereocenters. The molecular formula is C31H34N4O3S. The van der Waals surface area contributed by atoms with Gasteiger partial charge in [-0.15, -0.1) is 11.3 Å². The maximum Gasteiger partial charge on any atom is 0.412 e. The molecule has 2 aromatic carbocycles. The minimum atomic E-state index is -0.502. The predicted octanol–water partition coefficient (Wildman–Crippen LogP) is 6.58. The number of likely N-dealkylation sites (tertiary alicyclic amines) is 1. The minimum absolute atomic E-state index is 0.0422. The number of aromatic nitrogens is 2. The van der Waals surface area contributed by atoms with Crippen molar-refractivity contribution in [2.24, 2.45) is 7.05 Å². The van der Waals surface area contributed by atoms with E-state index in [-0.39, 0.29) is 11.9 Å². The van der Waals surface area contributed by atoms with Gasteiger partial charge in [0.25, 0.3) is 5.91 Å². The number of benzene rings is 2. The lowest BCUT2D eigenvalue weighted by atomic mass is 10.0. The first-order valence-corrected chi connectivity index (χ1v) is 14.6. The summed E-state index contributed by atoms with van der Waals surface area (Å²) >= 11 is 1.66. The van der Waals surface area contributed by atoms with E-state index in [4.69, 9.17) is 9.72 Å². The van der Waals surface area contributed by atoms with E-state index in [0.29, 0.717) is 30.5 Å². The summed E-state index contributed by atoms with van der Waals surface area (Å²) in [4.78, 5) is 34.7. The van der Waals surface area contributed by atoms with Gasteiger partial charge in [-0.05, 0) is 63.6 Å². The molecule has 0 radical (unpaired) electrons. The van der Waals surface area contributed by atoms with Crippen LogP contribution in [-0.4, -0.2) is 45.6 Å². The maximum absolute atomic E-state index is 14.0. The van der Waals surface area contributed by atoms with E-state index in [0.717, 1.165) is 69.7 Å². The van der Waals surface area contributed by atoms with Crippen molar-refractivity contribution < 1.29 is 14.3 Å². The van der Waals surface area contributed by atoms with Crippen LogP contribution < -0.4 is 10.1 Å². The van der Waals surface area contributed by atoms with Gasteiger partial charge in [0, 0.05) is 37.5 Å². The minimum Gasteiger partial charge on any atom is -0.408 e.